The maximum absolute atomic E-state index is 12.9. The first-order valence-electron chi connectivity index (χ1n) is 6.02. The van der Waals surface area contributed by atoms with Crippen LogP contribution in [-0.4, -0.2) is 17.1 Å². The zero-order chi connectivity index (χ0) is 11.4. The van der Waals surface area contributed by atoms with Crippen molar-refractivity contribution in [1.82, 2.24) is 0 Å². The van der Waals surface area contributed by atoms with Gasteiger partial charge in [0.05, 0.1) is 0 Å². The molecule has 0 radical (unpaired) electrons. The number of aliphatic hydroxyl groups is 1. The van der Waals surface area contributed by atoms with Crippen molar-refractivity contribution in [2.24, 2.45) is 0 Å². The highest BCUT2D eigenvalue weighted by Crippen LogP contribution is 2.53. The molecular formula is C13H19O2P. The molecule has 1 N–H and O–H groups in total. The molecule has 0 amide bonds. The minimum atomic E-state index is -2.57. The molecule has 2 rings (SSSR count). The first-order chi connectivity index (χ1) is 7.77. The fourth-order valence-corrected chi connectivity index (χ4v) is 5.28. The van der Waals surface area contributed by atoms with Crippen LogP contribution in [-0.2, 0) is 4.57 Å². The number of rotatable bonds is 3. The van der Waals surface area contributed by atoms with Crippen molar-refractivity contribution in [3.05, 3.63) is 30.3 Å². The van der Waals surface area contributed by atoms with Crippen LogP contribution >= 0.6 is 7.14 Å². The molecule has 1 aliphatic rings. The third-order valence-corrected chi connectivity index (χ3v) is 6.86. The number of aliphatic hydroxyl groups excluding tert-OH is 1. The van der Waals surface area contributed by atoms with E-state index in [4.69, 9.17) is 0 Å². The smallest absolute Gasteiger partial charge is 0.142 e. The van der Waals surface area contributed by atoms with Gasteiger partial charge in [0.15, 0.2) is 0 Å². The van der Waals surface area contributed by atoms with E-state index in [1.807, 2.05) is 30.3 Å². The van der Waals surface area contributed by atoms with Gasteiger partial charge in [-0.1, -0.05) is 49.6 Å². The Morgan fingerprint density at radius 1 is 1.12 bits per heavy atom. The van der Waals surface area contributed by atoms with Gasteiger partial charge in [-0.25, -0.2) is 0 Å². The minimum absolute atomic E-state index is 0.179. The van der Waals surface area contributed by atoms with E-state index in [0.29, 0.717) is 0 Å². The van der Waals surface area contributed by atoms with Crippen LogP contribution in [0.1, 0.15) is 32.1 Å². The Balaban J connectivity index is 2.28. The van der Waals surface area contributed by atoms with Crippen LogP contribution in [0.3, 0.4) is 0 Å². The zero-order valence-corrected chi connectivity index (χ0v) is 10.4. The van der Waals surface area contributed by atoms with Crippen LogP contribution in [0.15, 0.2) is 30.3 Å². The average molecular weight is 238 g/mol. The molecule has 1 aliphatic carbocycles. The summed E-state index contributed by atoms with van der Waals surface area (Å²) in [5.74, 6) is 0. The third-order valence-electron chi connectivity index (χ3n) is 3.57. The molecule has 1 unspecified atom stereocenters. The van der Waals surface area contributed by atoms with Crippen molar-refractivity contribution in [3.63, 3.8) is 0 Å². The van der Waals surface area contributed by atoms with Gasteiger partial charge in [0.2, 0.25) is 0 Å². The highest BCUT2D eigenvalue weighted by Gasteiger charge is 2.34. The second kappa shape index (κ2) is 5.16. The largest absolute Gasteiger partial charge is 0.388 e. The highest BCUT2D eigenvalue weighted by atomic mass is 31.2. The summed E-state index contributed by atoms with van der Waals surface area (Å²) in [6.45, 7) is 0. The molecule has 0 spiro atoms. The summed E-state index contributed by atoms with van der Waals surface area (Å²) in [7, 11) is -2.57. The summed E-state index contributed by atoms with van der Waals surface area (Å²) in [6, 6.07) is 9.52. The van der Waals surface area contributed by atoms with Gasteiger partial charge in [0.25, 0.3) is 0 Å². The van der Waals surface area contributed by atoms with E-state index >= 15 is 0 Å². The van der Waals surface area contributed by atoms with Gasteiger partial charge in [-0.15, -0.1) is 0 Å². The SMILES string of the molecule is O=P(CO)(c1ccccc1)C1CCCCC1. The quantitative estimate of drug-likeness (QED) is 0.822. The first kappa shape index (κ1) is 11.9. The van der Waals surface area contributed by atoms with Crippen molar-refractivity contribution in [3.8, 4) is 0 Å². The number of benzene rings is 1. The van der Waals surface area contributed by atoms with E-state index in [9.17, 15) is 9.67 Å². The molecule has 0 heterocycles. The molecule has 88 valence electrons. The Kier molecular flexibility index (Phi) is 3.83. The van der Waals surface area contributed by atoms with Crippen LogP contribution in [0.4, 0.5) is 0 Å². The van der Waals surface area contributed by atoms with Gasteiger partial charge in [-0.3, -0.25) is 0 Å². The Morgan fingerprint density at radius 3 is 2.31 bits per heavy atom. The van der Waals surface area contributed by atoms with Gasteiger partial charge in [0, 0.05) is 11.0 Å². The van der Waals surface area contributed by atoms with Gasteiger partial charge in [-0.05, 0) is 12.8 Å². The number of hydrogen-bond donors (Lipinski definition) is 1. The molecule has 0 aliphatic heterocycles. The lowest BCUT2D eigenvalue weighted by atomic mass is 10.0. The Bertz CT molecular complexity index is 369. The van der Waals surface area contributed by atoms with E-state index in [-0.39, 0.29) is 12.0 Å². The summed E-state index contributed by atoms with van der Waals surface area (Å²) >= 11 is 0. The summed E-state index contributed by atoms with van der Waals surface area (Å²) in [5, 5.41) is 10.4. The monoisotopic (exact) mass is 238 g/mol. The van der Waals surface area contributed by atoms with Crippen LogP contribution in [0, 0.1) is 0 Å². The van der Waals surface area contributed by atoms with Gasteiger partial charge in [0.1, 0.15) is 13.5 Å². The fraction of sp³-hybridized carbons (Fsp3) is 0.538. The standard InChI is InChI=1S/C13H19O2P/c14-11-16(15,12-7-3-1-4-8-12)13-9-5-2-6-10-13/h1,3-4,7-8,13-14H,2,5-6,9-11H2. The molecule has 1 aromatic rings. The molecule has 3 heteroatoms. The maximum Gasteiger partial charge on any atom is 0.142 e. The molecule has 1 saturated carbocycles. The van der Waals surface area contributed by atoms with Crippen LogP contribution in [0.2, 0.25) is 0 Å². The predicted molar refractivity (Wildman–Crippen MR) is 67.6 cm³/mol. The molecule has 2 nitrogen and oxygen atoms in total. The van der Waals surface area contributed by atoms with E-state index in [0.717, 1.165) is 31.0 Å². The second-order valence-corrected chi connectivity index (χ2v) is 7.69. The Hall–Kier alpha value is -0.590. The van der Waals surface area contributed by atoms with Crippen molar-refractivity contribution in [2.75, 3.05) is 6.35 Å². The lowest BCUT2D eigenvalue weighted by Crippen LogP contribution is -2.22. The predicted octanol–water partition coefficient (Wildman–Crippen LogP) is 2.96. The molecule has 1 fully saturated rings. The Labute approximate surface area is 97.1 Å². The van der Waals surface area contributed by atoms with Crippen molar-refractivity contribution >= 4 is 12.4 Å². The van der Waals surface area contributed by atoms with E-state index < -0.39 is 7.14 Å². The third kappa shape index (κ3) is 2.23. The van der Waals surface area contributed by atoms with Crippen LogP contribution in [0.5, 0.6) is 0 Å². The molecule has 0 bridgehead atoms. The van der Waals surface area contributed by atoms with Crippen molar-refractivity contribution in [2.45, 2.75) is 37.8 Å². The fourth-order valence-electron chi connectivity index (χ4n) is 2.59. The summed E-state index contributed by atoms with van der Waals surface area (Å²) < 4.78 is 12.9. The van der Waals surface area contributed by atoms with Gasteiger partial charge in [-0.2, -0.15) is 0 Å². The topological polar surface area (TPSA) is 37.3 Å². The normalized spacial score (nSPS) is 21.6. The molecule has 1 aromatic carbocycles. The molecule has 1 atom stereocenters. The van der Waals surface area contributed by atoms with E-state index in [1.165, 1.54) is 6.42 Å². The lowest BCUT2D eigenvalue weighted by molar-refractivity contribution is 0.353. The average Bonchev–Trinajstić information content (AvgIpc) is 2.40. The van der Waals surface area contributed by atoms with E-state index in [2.05, 4.69) is 0 Å². The van der Waals surface area contributed by atoms with Crippen LogP contribution < -0.4 is 5.30 Å². The van der Waals surface area contributed by atoms with Crippen molar-refractivity contribution < 1.29 is 9.67 Å². The summed E-state index contributed by atoms with van der Waals surface area (Å²) in [4.78, 5) is 0. The lowest BCUT2D eigenvalue weighted by Gasteiger charge is -2.29. The first-order valence-corrected chi connectivity index (χ1v) is 7.99. The second-order valence-electron chi connectivity index (χ2n) is 4.56. The Morgan fingerprint density at radius 2 is 1.75 bits per heavy atom. The zero-order valence-electron chi connectivity index (χ0n) is 9.51. The van der Waals surface area contributed by atoms with Crippen molar-refractivity contribution in [1.29, 1.82) is 0 Å². The molecular weight excluding hydrogens is 219 g/mol. The van der Waals surface area contributed by atoms with E-state index in [1.54, 1.807) is 0 Å². The summed E-state index contributed by atoms with van der Waals surface area (Å²) in [5.41, 5.74) is 0.202. The molecule has 0 aromatic heterocycles. The maximum atomic E-state index is 12.9. The van der Waals surface area contributed by atoms with Gasteiger partial charge < -0.3 is 9.67 Å². The summed E-state index contributed by atoms with van der Waals surface area (Å²) in [6.07, 6.45) is 5.39. The minimum Gasteiger partial charge on any atom is -0.388 e. The molecule has 16 heavy (non-hydrogen) atoms. The number of hydrogen-bond acceptors (Lipinski definition) is 2. The van der Waals surface area contributed by atoms with Crippen LogP contribution in [0.25, 0.3) is 0 Å². The van der Waals surface area contributed by atoms with Gasteiger partial charge >= 0.3 is 0 Å². The molecule has 0 saturated heterocycles. The highest BCUT2D eigenvalue weighted by molar-refractivity contribution is 7.72.